The Bertz CT molecular complexity index is 459. The standard InChI is InChI=1S/C19H26/c1-16-9-17(2)11-18(3,10-16)14-19(12-16,13-17)15-7-5-4-6-8-15/h4-8H,9-14H2,1-3H3. The topological polar surface area (TPSA) is 0 Å². The first-order chi connectivity index (χ1) is 8.85. The monoisotopic (exact) mass is 254 g/mol. The first-order valence-corrected chi connectivity index (χ1v) is 7.90. The second kappa shape index (κ2) is 3.27. The van der Waals surface area contributed by atoms with Crippen molar-refractivity contribution in [1.29, 1.82) is 0 Å². The number of hydrogen-bond acceptors (Lipinski definition) is 0. The summed E-state index contributed by atoms with van der Waals surface area (Å²) >= 11 is 0. The first-order valence-electron chi connectivity index (χ1n) is 7.90. The third-order valence-electron chi connectivity index (χ3n) is 6.24. The van der Waals surface area contributed by atoms with Crippen molar-refractivity contribution in [3.05, 3.63) is 35.9 Å². The van der Waals surface area contributed by atoms with Gasteiger partial charge in [-0.25, -0.2) is 0 Å². The van der Waals surface area contributed by atoms with Gasteiger partial charge in [-0.2, -0.15) is 0 Å². The SMILES string of the molecule is CC12CC3(C)CC(C)(C1)CC(c1ccccc1)(C2)C3. The molecule has 102 valence electrons. The first kappa shape index (κ1) is 12.0. The zero-order chi connectivity index (χ0) is 13.4. The maximum absolute atomic E-state index is 2.57. The molecular formula is C19H26. The number of hydrogen-bond donors (Lipinski definition) is 0. The Hall–Kier alpha value is -0.780. The molecule has 4 aliphatic carbocycles. The molecule has 0 amide bonds. The van der Waals surface area contributed by atoms with E-state index in [2.05, 4.69) is 51.1 Å². The van der Waals surface area contributed by atoms with Crippen molar-refractivity contribution in [2.24, 2.45) is 16.2 Å². The molecule has 0 aromatic heterocycles. The summed E-state index contributed by atoms with van der Waals surface area (Å²) in [6, 6.07) is 11.4. The fraction of sp³-hybridized carbons (Fsp3) is 0.684. The van der Waals surface area contributed by atoms with Gasteiger partial charge in [-0.15, -0.1) is 0 Å². The summed E-state index contributed by atoms with van der Waals surface area (Å²) in [5.74, 6) is 0. The van der Waals surface area contributed by atoms with E-state index < -0.39 is 0 Å². The van der Waals surface area contributed by atoms with E-state index in [1.165, 1.54) is 38.5 Å². The summed E-state index contributed by atoms with van der Waals surface area (Å²) in [6.45, 7) is 7.70. The molecule has 1 aromatic carbocycles. The second-order valence-electron chi connectivity index (χ2n) is 9.14. The van der Waals surface area contributed by atoms with Crippen LogP contribution in [0.25, 0.3) is 0 Å². The van der Waals surface area contributed by atoms with Crippen LogP contribution in [0, 0.1) is 16.2 Å². The largest absolute Gasteiger partial charge is 0.0622 e. The van der Waals surface area contributed by atoms with Crippen LogP contribution in [0.1, 0.15) is 64.9 Å². The molecule has 0 unspecified atom stereocenters. The molecule has 4 aliphatic rings. The van der Waals surface area contributed by atoms with Crippen LogP contribution >= 0.6 is 0 Å². The Morgan fingerprint density at radius 1 is 0.632 bits per heavy atom. The summed E-state index contributed by atoms with van der Waals surface area (Å²) in [6.07, 6.45) is 8.66. The number of rotatable bonds is 1. The molecule has 0 saturated heterocycles. The molecule has 0 N–H and O–H groups in total. The lowest BCUT2D eigenvalue weighted by Gasteiger charge is -2.69. The van der Waals surface area contributed by atoms with Crippen LogP contribution < -0.4 is 0 Å². The lowest BCUT2D eigenvalue weighted by atomic mass is 9.35. The van der Waals surface area contributed by atoms with Crippen LogP contribution in [0.5, 0.6) is 0 Å². The van der Waals surface area contributed by atoms with Crippen molar-refractivity contribution < 1.29 is 0 Å². The molecule has 0 heterocycles. The third-order valence-corrected chi connectivity index (χ3v) is 6.24. The van der Waals surface area contributed by atoms with Gasteiger partial charge in [0.25, 0.3) is 0 Å². The minimum Gasteiger partial charge on any atom is -0.0622 e. The van der Waals surface area contributed by atoms with Crippen molar-refractivity contribution in [3.8, 4) is 0 Å². The minimum atomic E-state index is 0.480. The summed E-state index contributed by atoms with van der Waals surface area (Å²) in [5, 5.41) is 0. The Morgan fingerprint density at radius 3 is 1.47 bits per heavy atom. The fourth-order valence-corrected chi connectivity index (χ4v) is 7.39. The molecule has 1 aromatic rings. The number of benzene rings is 1. The second-order valence-corrected chi connectivity index (χ2v) is 9.14. The van der Waals surface area contributed by atoms with Gasteiger partial charge in [-0.1, -0.05) is 51.1 Å². The molecule has 5 rings (SSSR count). The van der Waals surface area contributed by atoms with Gasteiger partial charge in [-0.3, -0.25) is 0 Å². The summed E-state index contributed by atoms with van der Waals surface area (Å²) in [7, 11) is 0. The van der Waals surface area contributed by atoms with E-state index in [9.17, 15) is 0 Å². The lowest BCUT2D eigenvalue weighted by molar-refractivity contribution is -0.152. The van der Waals surface area contributed by atoms with Crippen molar-refractivity contribution in [1.82, 2.24) is 0 Å². The van der Waals surface area contributed by atoms with E-state index in [4.69, 9.17) is 0 Å². The van der Waals surface area contributed by atoms with E-state index in [1.807, 2.05) is 0 Å². The zero-order valence-electron chi connectivity index (χ0n) is 12.6. The Kier molecular flexibility index (Phi) is 2.07. The lowest BCUT2D eigenvalue weighted by Crippen LogP contribution is -2.60. The quantitative estimate of drug-likeness (QED) is 0.636. The van der Waals surface area contributed by atoms with Crippen molar-refractivity contribution in [2.75, 3.05) is 0 Å². The molecule has 4 saturated carbocycles. The maximum Gasteiger partial charge on any atom is -0.00314 e. The van der Waals surface area contributed by atoms with Gasteiger partial charge in [0.1, 0.15) is 0 Å². The normalized spacial score (nSPS) is 51.5. The van der Waals surface area contributed by atoms with E-state index in [1.54, 1.807) is 5.56 Å². The van der Waals surface area contributed by atoms with Crippen LogP contribution in [-0.2, 0) is 5.41 Å². The molecule has 0 atom stereocenters. The molecule has 0 heteroatoms. The smallest absolute Gasteiger partial charge is 0.00314 e. The average molecular weight is 254 g/mol. The van der Waals surface area contributed by atoms with Crippen LogP contribution in [0.3, 0.4) is 0 Å². The van der Waals surface area contributed by atoms with Gasteiger partial charge in [0, 0.05) is 0 Å². The summed E-state index contributed by atoms with van der Waals surface area (Å²) < 4.78 is 0. The fourth-order valence-electron chi connectivity index (χ4n) is 7.39. The Balaban J connectivity index is 1.86. The van der Waals surface area contributed by atoms with E-state index in [-0.39, 0.29) is 0 Å². The van der Waals surface area contributed by atoms with Gasteiger partial charge < -0.3 is 0 Å². The summed E-state index contributed by atoms with van der Waals surface area (Å²) in [4.78, 5) is 0. The van der Waals surface area contributed by atoms with Gasteiger partial charge in [-0.05, 0) is 65.7 Å². The molecular weight excluding hydrogens is 228 g/mol. The highest BCUT2D eigenvalue weighted by molar-refractivity contribution is 5.32. The molecule has 19 heavy (non-hydrogen) atoms. The van der Waals surface area contributed by atoms with Crippen molar-refractivity contribution in [2.45, 2.75) is 64.7 Å². The Labute approximate surface area is 117 Å². The highest BCUT2D eigenvalue weighted by Gasteiger charge is 2.64. The van der Waals surface area contributed by atoms with Crippen LogP contribution in [0.2, 0.25) is 0 Å². The van der Waals surface area contributed by atoms with E-state index in [0.29, 0.717) is 21.7 Å². The van der Waals surface area contributed by atoms with Gasteiger partial charge in [0.05, 0.1) is 0 Å². The highest BCUT2D eigenvalue weighted by atomic mass is 14.7. The highest BCUT2D eigenvalue weighted by Crippen LogP contribution is 2.73. The van der Waals surface area contributed by atoms with Gasteiger partial charge >= 0.3 is 0 Å². The third kappa shape index (κ3) is 1.65. The molecule has 0 spiro atoms. The molecule has 0 radical (unpaired) electrons. The molecule has 0 nitrogen and oxygen atoms in total. The van der Waals surface area contributed by atoms with Crippen LogP contribution in [0.15, 0.2) is 30.3 Å². The zero-order valence-corrected chi connectivity index (χ0v) is 12.6. The van der Waals surface area contributed by atoms with Crippen LogP contribution in [-0.4, -0.2) is 0 Å². The van der Waals surface area contributed by atoms with Gasteiger partial charge in [0.15, 0.2) is 0 Å². The average Bonchev–Trinajstić information content (AvgIpc) is 2.23. The molecule has 0 aliphatic heterocycles. The Morgan fingerprint density at radius 2 is 1.05 bits per heavy atom. The minimum absolute atomic E-state index is 0.480. The molecule has 4 fully saturated rings. The van der Waals surface area contributed by atoms with Crippen LogP contribution in [0.4, 0.5) is 0 Å². The molecule has 4 bridgehead atoms. The van der Waals surface area contributed by atoms with Gasteiger partial charge in [0.2, 0.25) is 0 Å². The van der Waals surface area contributed by atoms with Crippen molar-refractivity contribution in [3.63, 3.8) is 0 Å². The van der Waals surface area contributed by atoms with E-state index in [0.717, 1.165) is 0 Å². The summed E-state index contributed by atoms with van der Waals surface area (Å²) in [5.41, 5.74) is 3.88. The predicted molar refractivity (Wildman–Crippen MR) is 80.1 cm³/mol. The van der Waals surface area contributed by atoms with E-state index >= 15 is 0 Å². The maximum atomic E-state index is 2.57. The predicted octanol–water partition coefficient (Wildman–Crippen LogP) is 5.32. The van der Waals surface area contributed by atoms with Crippen molar-refractivity contribution >= 4 is 0 Å².